The first-order valence-corrected chi connectivity index (χ1v) is 7.96. The summed E-state index contributed by atoms with van der Waals surface area (Å²) in [5.74, 6) is 0.212. The van der Waals surface area contributed by atoms with Gasteiger partial charge in [-0.1, -0.05) is 12.5 Å². The lowest BCUT2D eigenvalue weighted by Gasteiger charge is -2.19. The molecule has 0 aromatic heterocycles. The summed E-state index contributed by atoms with van der Waals surface area (Å²) in [6.45, 7) is 7.71. The van der Waals surface area contributed by atoms with Crippen molar-refractivity contribution in [1.29, 1.82) is 0 Å². The molecule has 0 radical (unpaired) electrons. The van der Waals surface area contributed by atoms with Gasteiger partial charge in [-0.2, -0.15) is 0 Å². The monoisotopic (exact) mass is 247 g/mol. The first-order chi connectivity index (χ1) is 7.35. The summed E-state index contributed by atoms with van der Waals surface area (Å²) < 4.78 is 22.1. The number of nitrogens with one attached hydrogen (secondary N) is 1. The van der Waals surface area contributed by atoms with Gasteiger partial charge >= 0.3 is 0 Å². The molecule has 4 heteroatoms. The highest BCUT2D eigenvalue weighted by Gasteiger charge is 2.12. The zero-order chi connectivity index (χ0) is 12.6. The van der Waals surface area contributed by atoms with Crippen LogP contribution in [0.3, 0.4) is 0 Å². The van der Waals surface area contributed by atoms with Gasteiger partial charge < -0.3 is 5.32 Å². The summed E-state index contributed by atoms with van der Waals surface area (Å²) in [4.78, 5) is 0. The van der Waals surface area contributed by atoms with Crippen molar-refractivity contribution >= 4 is 9.84 Å². The molecule has 2 atom stereocenters. The van der Waals surface area contributed by atoms with Crippen molar-refractivity contribution in [1.82, 2.24) is 5.32 Å². The number of allylic oxidation sites excluding steroid dienone is 1. The van der Waals surface area contributed by atoms with Crippen molar-refractivity contribution in [2.45, 2.75) is 51.6 Å². The second-order valence-corrected chi connectivity index (χ2v) is 6.82. The molecule has 0 fully saturated rings. The average Bonchev–Trinajstić information content (AvgIpc) is 2.09. The molecule has 0 rings (SSSR count). The van der Waals surface area contributed by atoms with Gasteiger partial charge in [0.15, 0.2) is 0 Å². The van der Waals surface area contributed by atoms with Crippen LogP contribution in [0.25, 0.3) is 0 Å². The number of sulfone groups is 1. The summed E-state index contributed by atoms with van der Waals surface area (Å²) in [6.07, 6.45) is 7.68. The van der Waals surface area contributed by atoms with Crippen LogP contribution < -0.4 is 5.32 Å². The van der Waals surface area contributed by atoms with Crippen LogP contribution in [0, 0.1) is 0 Å². The van der Waals surface area contributed by atoms with Gasteiger partial charge in [-0.25, -0.2) is 8.42 Å². The predicted molar refractivity (Wildman–Crippen MR) is 70.4 cm³/mol. The summed E-state index contributed by atoms with van der Waals surface area (Å²) >= 11 is 0. The molecule has 0 saturated heterocycles. The summed E-state index contributed by atoms with van der Waals surface area (Å²) in [5, 5.41) is 3.31. The Balaban J connectivity index is 3.69. The summed E-state index contributed by atoms with van der Waals surface area (Å²) in [7, 11) is -2.87. The molecular formula is C12H25NO2S. The molecule has 0 saturated carbocycles. The summed E-state index contributed by atoms with van der Waals surface area (Å²) in [5.41, 5.74) is 0. The molecular weight excluding hydrogens is 222 g/mol. The normalized spacial score (nSPS) is 15.7. The molecule has 0 heterocycles. The Bertz CT molecular complexity index is 285. The smallest absolute Gasteiger partial charge is 0.148 e. The Kier molecular flexibility index (Phi) is 7.68. The lowest BCUT2D eigenvalue weighted by Crippen LogP contribution is -2.38. The third-order valence-corrected chi connectivity index (χ3v) is 3.52. The maximum absolute atomic E-state index is 11.1. The third-order valence-electron chi connectivity index (χ3n) is 2.42. The molecule has 1 N–H and O–H groups in total. The Morgan fingerprint density at radius 1 is 1.25 bits per heavy atom. The highest BCUT2D eigenvalue weighted by molar-refractivity contribution is 7.90. The van der Waals surface area contributed by atoms with E-state index in [1.807, 2.05) is 13.0 Å². The quantitative estimate of drug-likeness (QED) is 0.501. The Hall–Kier alpha value is -0.350. The number of hydrogen-bond acceptors (Lipinski definition) is 3. The SMILES string of the molecule is C=CCCCCC(C)NC(C)CS(C)(=O)=O. The highest BCUT2D eigenvalue weighted by Crippen LogP contribution is 2.04. The molecule has 0 bridgehead atoms. The fraction of sp³-hybridized carbons (Fsp3) is 0.833. The molecule has 0 amide bonds. The number of unbranched alkanes of at least 4 members (excludes halogenated alkanes) is 2. The van der Waals surface area contributed by atoms with E-state index in [1.165, 1.54) is 6.26 Å². The van der Waals surface area contributed by atoms with Gasteiger partial charge in [0, 0.05) is 18.3 Å². The zero-order valence-electron chi connectivity index (χ0n) is 10.7. The fourth-order valence-electron chi connectivity index (χ4n) is 1.81. The predicted octanol–water partition coefficient (Wildman–Crippen LogP) is 2.14. The Morgan fingerprint density at radius 3 is 2.38 bits per heavy atom. The minimum Gasteiger partial charge on any atom is -0.311 e. The molecule has 0 aromatic rings. The molecule has 0 aliphatic heterocycles. The van der Waals surface area contributed by atoms with Crippen LogP contribution in [-0.2, 0) is 9.84 Å². The van der Waals surface area contributed by atoms with Gasteiger partial charge in [0.05, 0.1) is 5.75 Å². The fourth-order valence-corrected chi connectivity index (χ4v) is 2.81. The maximum atomic E-state index is 11.1. The summed E-state index contributed by atoms with van der Waals surface area (Å²) in [6, 6.07) is 0.408. The van der Waals surface area contributed by atoms with Gasteiger partial charge in [-0.15, -0.1) is 6.58 Å². The van der Waals surface area contributed by atoms with E-state index < -0.39 is 9.84 Å². The molecule has 3 nitrogen and oxygen atoms in total. The van der Waals surface area contributed by atoms with Crippen LogP contribution in [-0.4, -0.2) is 32.5 Å². The van der Waals surface area contributed by atoms with E-state index in [1.54, 1.807) is 0 Å². The van der Waals surface area contributed by atoms with Crippen LogP contribution in [0.15, 0.2) is 12.7 Å². The van der Waals surface area contributed by atoms with E-state index in [4.69, 9.17) is 0 Å². The van der Waals surface area contributed by atoms with E-state index in [9.17, 15) is 8.42 Å². The number of hydrogen-bond donors (Lipinski definition) is 1. The molecule has 2 unspecified atom stereocenters. The van der Waals surface area contributed by atoms with Crippen molar-refractivity contribution in [3.8, 4) is 0 Å². The Labute approximate surface area is 100 Å². The molecule has 0 aliphatic carbocycles. The van der Waals surface area contributed by atoms with Crippen molar-refractivity contribution in [2.75, 3.05) is 12.0 Å². The van der Waals surface area contributed by atoms with Crippen LogP contribution in [0.4, 0.5) is 0 Å². The lowest BCUT2D eigenvalue weighted by atomic mass is 10.1. The van der Waals surface area contributed by atoms with Crippen molar-refractivity contribution in [2.24, 2.45) is 0 Å². The molecule has 96 valence electrons. The van der Waals surface area contributed by atoms with Gasteiger partial charge in [-0.3, -0.25) is 0 Å². The van der Waals surface area contributed by atoms with Crippen LogP contribution in [0.1, 0.15) is 39.5 Å². The molecule has 0 aliphatic rings. The van der Waals surface area contributed by atoms with E-state index >= 15 is 0 Å². The topological polar surface area (TPSA) is 46.2 Å². The second kappa shape index (κ2) is 7.85. The minimum absolute atomic E-state index is 0.0319. The Morgan fingerprint density at radius 2 is 1.88 bits per heavy atom. The first kappa shape index (κ1) is 15.7. The number of rotatable bonds is 9. The van der Waals surface area contributed by atoms with Crippen LogP contribution in [0.5, 0.6) is 0 Å². The molecule has 0 spiro atoms. The van der Waals surface area contributed by atoms with Gasteiger partial charge in [0.1, 0.15) is 9.84 Å². The largest absolute Gasteiger partial charge is 0.311 e. The lowest BCUT2D eigenvalue weighted by molar-refractivity contribution is 0.449. The van der Waals surface area contributed by atoms with E-state index in [2.05, 4.69) is 18.8 Å². The third kappa shape index (κ3) is 10.2. The standard InChI is InChI=1S/C12H25NO2S/c1-5-6-7-8-9-11(2)13-12(3)10-16(4,14)15/h5,11-13H,1,6-10H2,2-4H3. The van der Waals surface area contributed by atoms with E-state index in [-0.39, 0.29) is 11.8 Å². The molecule has 0 aromatic carbocycles. The van der Waals surface area contributed by atoms with E-state index in [0.29, 0.717) is 6.04 Å². The minimum atomic E-state index is -2.87. The van der Waals surface area contributed by atoms with Gasteiger partial charge in [0.2, 0.25) is 0 Å². The van der Waals surface area contributed by atoms with Crippen LogP contribution >= 0.6 is 0 Å². The zero-order valence-corrected chi connectivity index (χ0v) is 11.5. The van der Waals surface area contributed by atoms with Crippen LogP contribution in [0.2, 0.25) is 0 Å². The van der Waals surface area contributed by atoms with E-state index in [0.717, 1.165) is 25.7 Å². The maximum Gasteiger partial charge on any atom is 0.148 e. The first-order valence-electron chi connectivity index (χ1n) is 5.90. The second-order valence-electron chi connectivity index (χ2n) is 4.63. The van der Waals surface area contributed by atoms with Crippen molar-refractivity contribution in [3.63, 3.8) is 0 Å². The van der Waals surface area contributed by atoms with Gasteiger partial charge in [0.25, 0.3) is 0 Å². The van der Waals surface area contributed by atoms with Crippen molar-refractivity contribution in [3.05, 3.63) is 12.7 Å². The average molecular weight is 247 g/mol. The van der Waals surface area contributed by atoms with Crippen molar-refractivity contribution < 1.29 is 8.42 Å². The highest BCUT2D eigenvalue weighted by atomic mass is 32.2. The van der Waals surface area contributed by atoms with Gasteiger partial charge in [-0.05, 0) is 33.1 Å². The molecule has 16 heavy (non-hydrogen) atoms.